The van der Waals surface area contributed by atoms with Gasteiger partial charge in [-0.3, -0.25) is 0 Å². The van der Waals surface area contributed by atoms with Crippen molar-refractivity contribution >= 4 is 37.5 Å². The lowest BCUT2D eigenvalue weighted by Crippen LogP contribution is -2.15. The summed E-state index contributed by atoms with van der Waals surface area (Å²) in [6.07, 6.45) is 1.52. The van der Waals surface area contributed by atoms with Crippen molar-refractivity contribution in [1.82, 2.24) is 9.97 Å². The number of aromatic nitrogens is 2. The summed E-state index contributed by atoms with van der Waals surface area (Å²) in [5.74, 6) is 2.09. The van der Waals surface area contributed by atoms with Crippen molar-refractivity contribution in [3.05, 3.63) is 39.9 Å². The van der Waals surface area contributed by atoms with Crippen molar-refractivity contribution < 1.29 is 14.2 Å². The summed E-state index contributed by atoms with van der Waals surface area (Å²) in [5, 5.41) is 2.91. The van der Waals surface area contributed by atoms with Gasteiger partial charge in [0.05, 0.1) is 5.39 Å². The third-order valence-electron chi connectivity index (χ3n) is 3.30. The Morgan fingerprint density at radius 1 is 1.18 bits per heavy atom. The second-order valence-corrected chi connectivity index (χ2v) is 6.44. The van der Waals surface area contributed by atoms with Crippen molar-refractivity contribution in [3.63, 3.8) is 0 Å². The molecule has 7 heteroatoms. The maximum atomic E-state index is 5.86. The predicted octanol–water partition coefficient (Wildman–Crippen LogP) is 3.80. The van der Waals surface area contributed by atoms with Gasteiger partial charge in [0.15, 0.2) is 11.5 Å². The fraction of sp³-hybridized carbons (Fsp3) is 0.200. The van der Waals surface area contributed by atoms with E-state index in [0.29, 0.717) is 25.7 Å². The van der Waals surface area contributed by atoms with E-state index >= 15 is 0 Å². The van der Waals surface area contributed by atoms with Crippen molar-refractivity contribution in [2.24, 2.45) is 0 Å². The first-order chi connectivity index (χ1) is 10.8. The van der Waals surface area contributed by atoms with E-state index in [-0.39, 0.29) is 0 Å². The average molecular weight is 379 g/mol. The van der Waals surface area contributed by atoms with Gasteiger partial charge in [-0.05, 0) is 23.6 Å². The van der Waals surface area contributed by atoms with Crippen LogP contribution in [0.5, 0.6) is 17.4 Å². The number of benzene rings is 1. The smallest absolute Gasteiger partial charge is 0.225 e. The predicted molar refractivity (Wildman–Crippen MR) is 86.9 cm³/mol. The summed E-state index contributed by atoms with van der Waals surface area (Å²) in [6.45, 7) is 1.53. The molecule has 3 aromatic rings. The van der Waals surface area contributed by atoms with E-state index in [1.165, 1.54) is 6.33 Å². The Balaban J connectivity index is 1.60. The van der Waals surface area contributed by atoms with Crippen LogP contribution in [0.1, 0.15) is 5.56 Å². The normalized spacial score (nSPS) is 13.3. The summed E-state index contributed by atoms with van der Waals surface area (Å²) in [7, 11) is 0. The minimum atomic E-state index is 0.388. The van der Waals surface area contributed by atoms with E-state index < -0.39 is 0 Å². The molecule has 1 aromatic carbocycles. The van der Waals surface area contributed by atoms with E-state index in [9.17, 15) is 0 Å². The molecule has 1 aliphatic heterocycles. The Kier molecular flexibility index (Phi) is 3.59. The van der Waals surface area contributed by atoms with Crippen LogP contribution < -0.4 is 14.2 Å². The maximum absolute atomic E-state index is 5.86. The highest BCUT2D eigenvalue weighted by atomic mass is 79.9. The lowest BCUT2D eigenvalue weighted by molar-refractivity contribution is 0.170. The van der Waals surface area contributed by atoms with Crippen LogP contribution in [0.15, 0.2) is 34.4 Å². The number of hydrogen-bond donors (Lipinski definition) is 0. The molecule has 0 amide bonds. The van der Waals surface area contributed by atoms with Crippen LogP contribution in [-0.2, 0) is 6.61 Å². The van der Waals surface area contributed by atoms with Gasteiger partial charge in [0.1, 0.15) is 31.0 Å². The van der Waals surface area contributed by atoms with Gasteiger partial charge < -0.3 is 14.2 Å². The topological polar surface area (TPSA) is 53.5 Å². The van der Waals surface area contributed by atoms with Crippen LogP contribution in [0.2, 0.25) is 0 Å². The molecule has 4 rings (SSSR count). The first-order valence-electron chi connectivity index (χ1n) is 6.70. The minimum absolute atomic E-state index is 0.388. The van der Waals surface area contributed by atoms with Crippen molar-refractivity contribution in [2.45, 2.75) is 6.61 Å². The van der Waals surface area contributed by atoms with Crippen LogP contribution in [0.3, 0.4) is 0 Å². The number of halogens is 1. The highest BCUT2D eigenvalue weighted by Crippen LogP contribution is 2.36. The molecular weight excluding hydrogens is 368 g/mol. The second-order valence-electron chi connectivity index (χ2n) is 4.69. The SMILES string of the molecule is Brc1cc2c(cc1COc1ncnc3sccc13)OCCO2. The van der Waals surface area contributed by atoms with E-state index in [1.54, 1.807) is 11.3 Å². The van der Waals surface area contributed by atoms with E-state index in [0.717, 1.165) is 31.8 Å². The lowest BCUT2D eigenvalue weighted by Gasteiger charge is -2.20. The average Bonchev–Trinajstić information content (AvgIpc) is 3.02. The molecule has 0 spiro atoms. The van der Waals surface area contributed by atoms with Gasteiger partial charge in [0.2, 0.25) is 5.88 Å². The van der Waals surface area contributed by atoms with E-state index in [2.05, 4.69) is 25.9 Å². The number of hydrogen-bond acceptors (Lipinski definition) is 6. The fourth-order valence-electron chi connectivity index (χ4n) is 2.25. The number of fused-ring (bicyclic) bond motifs is 2. The quantitative estimate of drug-likeness (QED) is 0.693. The molecule has 22 heavy (non-hydrogen) atoms. The van der Waals surface area contributed by atoms with Gasteiger partial charge in [-0.1, -0.05) is 15.9 Å². The highest BCUT2D eigenvalue weighted by molar-refractivity contribution is 9.10. The largest absolute Gasteiger partial charge is 0.486 e. The molecule has 0 atom stereocenters. The first kappa shape index (κ1) is 13.8. The molecule has 0 fully saturated rings. The standard InChI is InChI=1S/C15H11BrN2O3S/c16-11-6-13-12(19-2-3-20-13)5-9(11)7-21-14-10-1-4-22-15(10)18-8-17-14/h1,4-6,8H,2-3,7H2. The summed E-state index contributed by atoms with van der Waals surface area (Å²) >= 11 is 5.11. The highest BCUT2D eigenvalue weighted by Gasteiger charge is 2.15. The first-order valence-corrected chi connectivity index (χ1v) is 8.37. The lowest BCUT2D eigenvalue weighted by atomic mass is 10.2. The molecule has 1 aliphatic rings. The molecule has 0 radical (unpaired) electrons. The molecule has 2 aromatic heterocycles. The number of ether oxygens (including phenoxy) is 3. The zero-order valence-corrected chi connectivity index (χ0v) is 13.8. The summed E-state index contributed by atoms with van der Waals surface area (Å²) in [6, 6.07) is 5.81. The Bertz CT molecular complexity index is 837. The number of thiophene rings is 1. The van der Waals surface area contributed by atoms with Crippen molar-refractivity contribution in [1.29, 1.82) is 0 Å². The van der Waals surface area contributed by atoms with Gasteiger partial charge in [-0.15, -0.1) is 11.3 Å². The monoisotopic (exact) mass is 378 g/mol. The van der Waals surface area contributed by atoms with Crippen LogP contribution in [0.4, 0.5) is 0 Å². The van der Waals surface area contributed by atoms with Crippen LogP contribution in [0, 0.1) is 0 Å². The molecule has 5 nitrogen and oxygen atoms in total. The maximum Gasteiger partial charge on any atom is 0.225 e. The Hall–Kier alpha value is -1.86. The van der Waals surface area contributed by atoms with E-state index in [4.69, 9.17) is 14.2 Å². The summed E-state index contributed by atoms with van der Waals surface area (Å²) in [4.78, 5) is 9.35. The van der Waals surface area contributed by atoms with Gasteiger partial charge in [-0.25, -0.2) is 9.97 Å². The zero-order valence-electron chi connectivity index (χ0n) is 11.4. The third kappa shape index (κ3) is 2.50. The van der Waals surface area contributed by atoms with Crippen LogP contribution >= 0.6 is 27.3 Å². The molecule has 0 N–H and O–H groups in total. The van der Waals surface area contributed by atoms with Crippen LogP contribution in [0.25, 0.3) is 10.2 Å². The van der Waals surface area contributed by atoms with Gasteiger partial charge in [0.25, 0.3) is 0 Å². The summed E-state index contributed by atoms with van der Waals surface area (Å²) in [5.41, 5.74) is 0.978. The minimum Gasteiger partial charge on any atom is -0.486 e. The number of nitrogens with zero attached hydrogens (tertiary/aromatic N) is 2. The van der Waals surface area contributed by atoms with Gasteiger partial charge >= 0.3 is 0 Å². The van der Waals surface area contributed by atoms with Gasteiger partial charge in [0, 0.05) is 10.0 Å². The molecule has 0 aliphatic carbocycles. The Morgan fingerprint density at radius 2 is 2.00 bits per heavy atom. The second kappa shape index (κ2) is 5.73. The molecule has 0 bridgehead atoms. The van der Waals surface area contributed by atoms with Crippen molar-refractivity contribution in [3.8, 4) is 17.4 Å². The third-order valence-corrected chi connectivity index (χ3v) is 4.86. The molecule has 112 valence electrons. The Morgan fingerprint density at radius 3 is 2.86 bits per heavy atom. The molecule has 3 heterocycles. The molecule has 0 unspecified atom stereocenters. The molecule has 0 saturated heterocycles. The zero-order chi connectivity index (χ0) is 14.9. The van der Waals surface area contributed by atoms with Crippen molar-refractivity contribution in [2.75, 3.05) is 13.2 Å². The molecular formula is C15H11BrN2O3S. The van der Waals surface area contributed by atoms with E-state index in [1.807, 2.05) is 23.6 Å². The van der Waals surface area contributed by atoms with Crippen LogP contribution in [-0.4, -0.2) is 23.2 Å². The molecule has 0 saturated carbocycles. The fourth-order valence-corrected chi connectivity index (χ4v) is 3.41. The van der Waals surface area contributed by atoms with Gasteiger partial charge in [-0.2, -0.15) is 0 Å². The Labute approximate surface area is 139 Å². The summed E-state index contributed by atoms with van der Waals surface area (Å²) < 4.78 is 17.9. The number of rotatable bonds is 3.